The highest BCUT2D eigenvalue weighted by molar-refractivity contribution is 6.16. The van der Waals surface area contributed by atoms with Gasteiger partial charge >= 0.3 is 0 Å². The molecule has 0 saturated carbocycles. The first-order chi connectivity index (χ1) is 22.2. The van der Waals surface area contributed by atoms with Crippen molar-refractivity contribution in [3.05, 3.63) is 164 Å². The predicted molar refractivity (Wildman–Crippen MR) is 190 cm³/mol. The first kappa shape index (κ1) is 26.7. The molecule has 0 amide bonds. The Morgan fingerprint density at radius 3 is 1.64 bits per heavy atom. The van der Waals surface area contributed by atoms with Gasteiger partial charge in [0.25, 0.3) is 0 Å². The summed E-state index contributed by atoms with van der Waals surface area (Å²) in [6, 6.07) is 45.0. The van der Waals surface area contributed by atoms with E-state index in [-0.39, 0.29) is 0 Å². The van der Waals surface area contributed by atoms with E-state index in [1.807, 2.05) is 18.2 Å². The van der Waals surface area contributed by atoms with Crippen molar-refractivity contribution in [2.24, 2.45) is 0 Å². The molecule has 6 aromatic carbocycles. The van der Waals surface area contributed by atoms with Gasteiger partial charge in [0, 0.05) is 27.6 Å². The number of hydrogen-bond donors (Lipinski definition) is 0. The van der Waals surface area contributed by atoms with Crippen LogP contribution in [0.25, 0.3) is 82.8 Å². The maximum Gasteiger partial charge on any atom is 0.139 e. The Hall–Kier alpha value is -5.86. The molecule has 0 unspecified atom stereocenters. The van der Waals surface area contributed by atoms with Crippen molar-refractivity contribution in [3.63, 3.8) is 0 Å². The van der Waals surface area contributed by atoms with Crippen LogP contribution in [0.3, 0.4) is 0 Å². The van der Waals surface area contributed by atoms with Crippen LogP contribution in [-0.4, -0.2) is 0 Å². The van der Waals surface area contributed by atoms with Gasteiger partial charge in [0.2, 0.25) is 0 Å². The summed E-state index contributed by atoms with van der Waals surface area (Å²) < 4.78 is 12.7. The van der Waals surface area contributed by atoms with Crippen molar-refractivity contribution in [1.82, 2.24) is 0 Å². The number of allylic oxidation sites excluding steroid dienone is 5. The Labute approximate surface area is 261 Å². The zero-order valence-electron chi connectivity index (χ0n) is 25.0. The fraction of sp³-hybridized carbons (Fsp3) is 0.0233. The fourth-order valence-electron chi connectivity index (χ4n) is 6.32. The number of benzene rings is 6. The Morgan fingerprint density at radius 2 is 1.02 bits per heavy atom. The van der Waals surface area contributed by atoms with Gasteiger partial charge < -0.3 is 8.83 Å². The first-order valence-electron chi connectivity index (χ1n) is 15.2. The van der Waals surface area contributed by atoms with E-state index in [4.69, 9.17) is 8.83 Å². The van der Waals surface area contributed by atoms with Crippen molar-refractivity contribution >= 4 is 49.5 Å². The summed E-state index contributed by atoms with van der Waals surface area (Å²) in [6.45, 7) is 5.87. The first-order valence-corrected chi connectivity index (χ1v) is 15.2. The molecule has 0 aliphatic heterocycles. The highest BCUT2D eigenvalue weighted by Crippen LogP contribution is 2.39. The molecule has 214 valence electrons. The highest BCUT2D eigenvalue weighted by Gasteiger charge is 2.15. The Balaban J connectivity index is 1.23. The number of furan rings is 2. The van der Waals surface area contributed by atoms with E-state index in [0.29, 0.717) is 0 Å². The average molecular weight is 579 g/mol. The number of hydrogen-bond acceptors (Lipinski definition) is 2. The van der Waals surface area contributed by atoms with E-state index in [0.717, 1.165) is 66.1 Å². The third-order valence-corrected chi connectivity index (χ3v) is 8.62. The van der Waals surface area contributed by atoms with Crippen LogP contribution in [0.15, 0.2) is 167 Å². The van der Waals surface area contributed by atoms with E-state index in [9.17, 15) is 0 Å². The Morgan fingerprint density at radius 1 is 0.489 bits per heavy atom. The average Bonchev–Trinajstić information content (AvgIpc) is 3.64. The van der Waals surface area contributed by atoms with Gasteiger partial charge in [-0.2, -0.15) is 0 Å². The molecule has 2 heteroatoms. The minimum atomic E-state index is 0.823. The topological polar surface area (TPSA) is 26.3 Å². The second-order valence-electron chi connectivity index (χ2n) is 11.3. The molecule has 0 atom stereocenters. The number of rotatable bonds is 6. The molecule has 2 nitrogen and oxygen atoms in total. The summed E-state index contributed by atoms with van der Waals surface area (Å²) in [5, 5.41) is 4.35. The van der Waals surface area contributed by atoms with E-state index in [2.05, 4.69) is 141 Å². The molecule has 0 fully saturated rings. The lowest BCUT2D eigenvalue weighted by molar-refractivity contribution is 0.656. The summed E-state index contributed by atoms with van der Waals surface area (Å²) in [4.78, 5) is 0. The smallest absolute Gasteiger partial charge is 0.139 e. The lowest BCUT2D eigenvalue weighted by atomic mass is 9.97. The molecular formula is C43H30O2. The maximum atomic E-state index is 6.33. The van der Waals surface area contributed by atoms with Crippen LogP contribution in [-0.2, 0) is 0 Å². The lowest BCUT2D eigenvalue weighted by Crippen LogP contribution is -1.84. The van der Waals surface area contributed by atoms with E-state index in [1.165, 1.54) is 22.3 Å². The molecule has 2 heterocycles. The van der Waals surface area contributed by atoms with Gasteiger partial charge in [-0.1, -0.05) is 110 Å². The standard InChI is InChI=1S/C43H30O2/c1-3-5-11-28(4-2)30-14-9-16-32(22-30)34-18-20-40-36(24-34)38-26-39-37-25-35(19-21-41(37)45-43(39)27-42(38)44-40)33-17-10-15-31(23-33)29-12-7-6-8-13-29/h3-27H,1H2,2H3/b11-5-,28-4+. The SMILES string of the molecule is C=C/C=C\C(=C/C)c1cccc(-c2ccc3oc4cc5oc6ccc(-c7cccc(-c8ccccc8)c7)cc6c5cc4c3c2)c1. The molecule has 0 aliphatic rings. The monoisotopic (exact) mass is 578 g/mol. The minimum Gasteiger partial charge on any atom is -0.456 e. The highest BCUT2D eigenvalue weighted by atomic mass is 16.3. The second-order valence-corrected chi connectivity index (χ2v) is 11.3. The van der Waals surface area contributed by atoms with Gasteiger partial charge in [-0.05, 0) is 93.9 Å². The largest absolute Gasteiger partial charge is 0.456 e. The quantitative estimate of drug-likeness (QED) is 0.183. The summed E-state index contributed by atoms with van der Waals surface area (Å²) in [7, 11) is 0. The van der Waals surface area contributed by atoms with Crippen LogP contribution in [0.5, 0.6) is 0 Å². The minimum absolute atomic E-state index is 0.823. The molecular weight excluding hydrogens is 548 g/mol. The second kappa shape index (κ2) is 11.0. The Kier molecular flexibility index (Phi) is 6.54. The van der Waals surface area contributed by atoms with Crippen molar-refractivity contribution < 1.29 is 8.83 Å². The van der Waals surface area contributed by atoms with Crippen LogP contribution in [0.1, 0.15) is 12.5 Å². The maximum absolute atomic E-state index is 6.33. The summed E-state index contributed by atoms with van der Waals surface area (Å²) in [5.74, 6) is 0. The van der Waals surface area contributed by atoms with Crippen molar-refractivity contribution in [1.29, 1.82) is 0 Å². The molecule has 8 aromatic rings. The van der Waals surface area contributed by atoms with E-state index >= 15 is 0 Å². The molecule has 0 saturated heterocycles. The normalized spacial score (nSPS) is 12.2. The predicted octanol–water partition coefficient (Wildman–Crippen LogP) is 12.6. The molecule has 0 N–H and O–H groups in total. The van der Waals surface area contributed by atoms with Crippen molar-refractivity contribution in [2.45, 2.75) is 6.92 Å². The van der Waals surface area contributed by atoms with Crippen LogP contribution in [0, 0.1) is 0 Å². The fourth-order valence-corrected chi connectivity index (χ4v) is 6.32. The summed E-state index contributed by atoms with van der Waals surface area (Å²) in [6.07, 6.45) is 7.98. The lowest BCUT2D eigenvalue weighted by Gasteiger charge is -2.07. The molecule has 0 bridgehead atoms. The summed E-state index contributed by atoms with van der Waals surface area (Å²) >= 11 is 0. The van der Waals surface area contributed by atoms with Gasteiger partial charge in [0.05, 0.1) is 0 Å². The van der Waals surface area contributed by atoms with Gasteiger partial charge in [-0.25, -0.2) is 0 Å². The van der Waals surface area contributed by atoms with Crippen LogP contribution in [0.2, 0.25) is 0 Å². The number of fused-ring (bicyclic) bond motifs is 6. The molecule has 2 aromatic heterocycles. The van der Waals surface area contributed by atoms with Crippen molar-refractivity contribution in [2.75, 3.05) is 0 Å². The third-order valence-electron chi connectivity index (χ3n) is 8.62. The molecule has 8 rings (SSSR count). The van der Waals surface area contributed by atoms with Gasteiger partial charge in [0.1, 0.15) is 22.3 Å². The van der Waals surface area contributed by atoms with Crippen molar-refractivity contribution in [3.8, 4) is 33.4 Å². The molecule has 0 aliphatic carbocycles. The zero-order valence-corrected chi connectivity index (χ0v) is 25.0. The Bertz CT molecular complexity index is 2450. The van der Waals surface area contributed by atoms with Crippen LogP contribution < -0.4 is 0 Å². The third kappa shape index (κ3) is 4.77. The van der Waals surface area contributed by atoms with E-state index < -0.39 is 0 Å². The van der Waals surface area contributed by atoms with Gasteiger partial charge in [-0.15, -0.1) is 0 Å². The molecule has 0 spiro atoms. The van der Waals surface area contributed by atoms with Crippen LogP contribution >= 0.6 is 0 Å². The van der Waals surface area contributed by atoms with Crippen LogP contribution in [0.4, 0.5) is 0 Å². The molecule has 0 radical (unpaired) electrons. The van der Waals surface area contributed by atoms with Gasteiger partial charge in [0.15, 0.2) is 0 Å². The molecule has 45 heavy (non-hydrogen) atoms. The van der Waals surface area contributed by atoms with E-state index in [1.54, 1.807) is 6.08 Å². The van der Waals surface area contributed by atoms with Gasteiger partial charge in [-0.3, -0.25) is 0 Å². The zero-order chi connectivity index (χ0) is 30.3. The summed E-state index contributed by atoms with van der Waals surface area (Å²) in [5.41, 5.74) is 12.8.